The largest absolute Gasteiger partial charge is 0.453 e. The van der Waals surface area contributed by atoms with Crippen LogP contribution in [0.2, 0.25) is 0 Å². The molecule has 2 unspecified atom stereocenters. The van der Waals surface area contributed by atoms with E-state index in [1.54, 1.807) is 13.8 Å². The first kappa shape index (κ1) is 40.5. The molecule has 1 aromatic rings. The van der Waals surface area contributed by atoms with Gasteiger partial charge in [0.15, 0.2) is 0 Å². The monoisotopic (exact) mass is 697 g/mol. The summed E-state index contributed by atoms with van der Waals surface area (Å²) in [4.78, 5) is 82.2. The number of ether oxygens (including phenoxy) is 1. The van der Waals surface area contributed by atoms with Crippen LogP contribution in [0.15, 0.2) is 30.3 Å². The Kier molecular flexibility index (Phi) is 13.3. The van der Waals surface area contributed by atoms with Gasteiger partial charge in [0.2, 0.25) is 17.6 Å². The molecule has 2 aliphatic rings. The third-order valence-corrected chi connectivity index (χ3v) is 9.61. The number of amides is 5. The quantitative estimate of drug-likeness (QED) is 0.177. The van der Waals surface area contributed by atoms with E-state index in [2.05, 4.69) is 21.3 Å². The molecule has 12 nitrogen and oxygen atoms in total. The van der Waals surface area contributed by atoms with Gasteiger partial charge in [0.1, 0.15) is 24.2 Å². The van der Waals surface area contributed by atoms with E-state index in [4.69, 9.17) is 4.74 Å². The lowest BCUT2D eigenvalue weighted by Gasteiger charge is -2.37. The number of Topliss-reactive ketones (excluding diaryl/α,β-unsaturated/α-hetero) is 1. The first-order valence-corrected chi connectivity index (χ1v) is 17.9. The molecule has 0 radical (unpaired) electrons. The Morgan fingerprint density at radius 2 is 1.50 bits per heavy atom. The van der Waals surface area contributed by atoms with Gasteiger partial charge in [0.25, 0.3) is 5.91 Å². The van der Waals surface area contributed by atoms with Crippen LogP contribution in [0.1, 0.15) is 107 Å². The highest BCUT2D eigenvalue weighted by Crippen LogP contribution is 2.35. The van der Waals surface area contributed by atoms with Crippen LogP contribution in [0.5, 0.6) is 0 Å². The summed E-state index contributed by atoms with van der Waals surface area (Å²) in [6.45, 7) is 18.3. The van der Waals surface area contributed by atoms with Crippen molar-refractivity contribution in [2.24, 2.45) is 23.2 Å². The number of hydrogen-bond donors (Lipinski definition) is 4. The highest BCUT2D eigenvalue weighted by atomic mass is 16.6. The average molecular weight is 698 g/mol. The maximum absolute atomic E-state index is 14.2. The fraction of sp³-hybridized carbons (Fsp3) is 0.684. The Morgan fingerprint density at radius 1 is 0.880 bits per heavy atom. The zero-order valence-corrected chi connectivity index (χ0v) is 31.6. The summed E-state index contributed by atoms with van der Waals surface area (Å²) in [6, 6.07) is 5.71. The number of esters is 1. The molecule has 1 aromatic carbocycles. The zero-order chi connectivity index (χ0) is 37.6. The van der Waals surface area contributed by atoms with Gasteiger partial charge < -0.3 is 30.9 Å². The van der Waals surface area contributed by atoms with Gasteiger partial charge in [0, 0.05) is 12.1 Å². The number of carbonyl (C=O) groups excluding carboxylic acids is 6. The summed E-state index contributed by atoms with van der Waals surface area (Å²) >= 11 is 0. The van der Waals surface area contributed by atoms with Gasteiger partial charge in [-0.05, 0) is 76.2 Å². The molecule has 12 heteroatoms. The first-order valence-electron chi connectivity index (χ1n) is 17.9. The zero-order valence-electron chi connectivity index (χ0n) is 31.6. The van der Waals surface area contributed by atoms with E-state index < -0.39 is 70.8 Å². The van der Waals surface area contributed by atoms with Gasteiger partial charge in [-0.3, -0.25) is 24.0 Å². The lowest BCUT2D eigenvalue weighted by atomic mass is 9.80. The summed E-state index contributed by atoms with van der Waals surface area (Å²) in [5.74, 6) is -3.49. The van der Waals surface area contributed by atoms with Gasteiger partial charge in [-0.2, -0.15) is 0 Å². The highest BCUT2D eigenvalue weighted by molar-refractivity contribution is 6.38. The van der Waals surface area contributed by atoms with Crippen LogP contribution < -0.4 is 21.3 Å². The summed E-state index contributed by atoms with van der Waals surface area (Å²) in [5.41, 5.74) is -1.39. The van der Waals surface area contributed by atoms with Crippen LogP contribution in [0.3, 0.4) is 0 Å². The maximum Gasteiger partial charge on any atom is 0.326 e. The summed E-state index contributed by atoms with van der Waals surface area (Å²) in [7, 11) is 0. The predicted octanol–water partition coefficient (Wildman–Crippen LogP) is 4.21. The lowest BCUT2D eigenvalue weighted by molar-refractivity contribution is -0.157. The molecule has 1 aliphatic heterocycles. The van der Waals surface area contributed by atoms with Crippen molar-refractivity contribution in [3.05, 3.63) is 35.9 Å². The van der Waals surface area contributed by atoms with Crippen molar-refractivity contribution in [1.29, 1.82) is 0 Å². The number of hydrogen-bond acceptors (Lipinski definition) is 7. The van der Waals surface area contributed by atoms with Crippen LogP contribution >= 0.6 is 0 Å². The van der Waals surface area contributed by atoms with Crippen LogP contribution in [-0.4, -0.2) is 77.2 Å². The predicted molar refractivity (Wildman–Crippen MR) is 191 cm³/mol. The van der Waals surface area contributed by atoms with Crippen molar-refractivity contribution in [3.8, 4) is 0 Å². The Labute approximate surface area is 297 Å². The standard InChI is InChI=1S/C38H59N5O7/c1-23(2)26-19-20-43(34(48)31(36(3,4)5)41-35(49)42-37(6,7)8)29(26)32(46)40-27(21-24-15-14-16-24)30(45)33(47)39-22-28(44)50-38(9,10)25-17-12-11-13-18-25/h11-13,17-18,23-24,26-27,29,31H,14-16,19-22H2,1-10H3,(H,39,47)(H,40,46)(H2,41,42,49)/t26?,27?,29-,31+/m0/s1. The Morgan fingerprint density at radius 3 is 2.02 bits per heavy atom. The van der Waals surface area contributed by atoms with Crippen molar-refractivity contribution in [1.82, 2.24) is 26.2 Å². The molecule has 4 N–H and O–H groups in total. The maximum atomic E-state index is 14.2. The number of benzene rings is 1. The van der Waals surface area contributed by atoms with E-state index in [1.165, 1.54) is 4.90 Å². The van der Waals surface area contributed by atoms with Crippen molar-refractivity contribution in [2.75, 3.05) is 13.1 Å². The Hall–Kier alpha value is -3.96. The van der Waals surface area contributed by atoms with Crippen molar-refractivity contribution < 1.29 is 33.5 Å². The van der Waals surface area contributed by atoms with Crippen molar-refractivity contribution in [2.45, 2.75) is 131 Å². The van der Waals surface area contributed by atoms with Crippen LogP contribution in [-0.2, 0) is 34.3 Å². The second-order valence-electron chi connectivity index (χ2n) is 16.8. The van der Waals surface area contributed by atoms with Crippen LogP contribution in [0, 0.1) is 23.2 Å². The second-order valence-corrected chi connectivity index (χ2v) is 16.8. The van der Waals surface area contributed by atoms with E-state index in [9.17, 15) is 28.8 Å². The first-order chi connectivity index (χ1) is 23.1. The number of likely N-dealkylation sites (tertiary alicyclic amines) is 1. The third-order valence-electron chi connectivity index (χ3n) is 9.61. The molecule has 1 heterocycles. The third kappa shape index (κ3) is 11.0. The molecular formula is C38H59N5O7. The van der Waals surface area contributed by atoms with Gasteiger partial charge in [-0.15, -0.1) is 0 Å². The molecule has 50 heavy (non-hydrogen) atoms. The van der Waals surface area contributed by atoms with E-state index in [0.717, 1.165) is 24.8 Å². The molecule has 4 atom stereocenters. The van der Waals surface area contributed by atoms with E-state index in [0.29, 0.717) is 13.0 Å². The minimum Gasteiger partial charge on any atom is -0.453 e. The molecule has 3 rings (SSSR count). The number of carbonyl (C=O) groups is 6. The van der Waals surface area contributed by atoms with Gasteiger partial charge in [0.05, 0.1) is 6.04 Å². The van der Waals surface area contributed by atoms with Crippen molar-refractivity contribution in [3.63, 3.8) is 0 Å². The topological polar surface area (TPSA) is 163 Å². The summed E-state index contributed by atoms with van der Waals surface area (Å²) in [6.07, 6.45) is 3.59. The minimum atomic E-state index is -1.14. The summed E-state index contributed by atoms with van der Waals surface area (Å²) in [5, 5.41) is 10.9. The van der Waals surface area contributed by atoms with E-state index in [1.807, 2.05) is 85.7 Å². The number of urea groups is 1. The summed E-state index contributed by atoms with van der Waals surface area (Å²) < 4.78 is 5.59. The van der Waals surface area contributed by atoms with E-state index in [-0.39, 0.29) is 30.1 Å². The number of rotatable bonds is 13. The smallest absolute Gasteiger partial charge is 0.326 e. The molecule has 2 fully saturated rings. The Balaban J connectivity index is 1.77. The fourth-order valence-electron chi connectivity index (χ4n) is 6.59. The van der Waals surface area contributed by atoms with Gasteiger partial charge in [-0.1, -0.05) is 84.2 Å². The average Bonchev–Trinajstić information content (AvgIpc) is 3.44. The molecule has 1 saturated heterocycles. The number of nitrogens with zero attached hydrogens (tertiary/aromatic N) is 1. The lowest BCUT2D eigenvalue weighted by Crippen LogP contribution is -2.62. The van der Waals surface area contributed by atoms with Crippen LogP contribution in [0.4, 0.5) is 4.79 Å². The van der Waals surface area contributed by atoms with Gasteiger partial charge in [-0.25, -0.2) is 4.79 Å². The van der Waals surface area contributed by atoms with Crippen LogP contribution in [0.25, 0.3) is 0 Å². The molecule has 0 spiro atoms. The minimum absolute atomic E-state index is 0.0315. The molecular weight excluding hydrogens is 638 g/mol. The molecule has 0 bridgehead atoms. The van der Waals surface area contributed by atoms with E-state index >= 15 is 0 Å². The molecule has 1 saturated carbocycles. The highest BCUT2D eigenvalue weighted by Gasteiger charge is 2.48. The molecule has 0 aromatic heterocycles. The van der Waals surface area contributed by atoms with Crippen molar-refractivity contribution >= 4 is 35.5 Å². The van der Waals surface area contributed by atoms with Gasteiger partial charge >= 0.3 is 12.0 Å². The molecule has 5 amide bonds. The second kappa shape index (κ2) is 16.4. The number of nitrogens with one attached hydrogen (secondary N) is 4. The fourth-order valence-corrected chi connectivity index (χ4v) is 6.59. The molecule has 278 valence electrons. The Bertz CT molecular complexity index is 1390. The number of ketones is 1. The SMILES string of the molecule is CC(C)C1CCN(C(=O)[C@@H](NC(=O)NC(C)(C)C)C(C)(C)C)[C@@H]1C(=O)NC(CC1CCC1)C(=O)C(=O)NCC(=O)OC(C)(C)c1ccccc1. The normalized spacial score (nSPS) is 19.5. The molecule has 1 aliphatic carbocycles.